The lowest BCUT2D eigenvalue weighted by molar-refractivity contribution is 0.0530. The summed E-state index contributed by atoms with van der Waals surface area (Å²) < 4.78 is 15.1. The van der Waals surface area contributed by atoms with Crippen molar-refractivity contribution < 1.29 is 4.39 Å². The summed E-state index contributed by atoms with van der Waals surface area (Å²) in [4.78, 5) is 7.43. The summed E-state index contributed by atoms with van der Waals surface area (Å²) in [6.07, 6.45) is 2.81. The molecule has 0 atom stereocenters. The van der Waals surface area contributed by atoms with E-state index in [1.165, 1.54) is 11.3 Å². The first kappa shape index (κ1) is 14.8. The molecule has 0 amide bonds. The molecule has 1 fully saturated rings. The van der Waals surface area contributed by atoms with Gasteiger partial charge < -0.3 is 5.73 Å². The lowest BCUT2D eigenvalue weighted by atomic mass is 9.86. The van der Waals surface area contributed by atoms with Crippen LogP contribution < -0.4 is 5.73 Å². The molecule has 0 spiro atoms. The normalized spacial score (nSPS) is 18.8. The zero-order valence-electron chi connectivity index (χ0n) is 11.6. The van der Waals surface area contributed by atoms with Gasteiger partial charge in [0.15, 0.2) is 5.13 Å². The number of hydrogen-bond donors (Lipinski definition) is 1. The summed E-state index contributed by atoms with van der Waals surface area (Å²) in [5.74, 6) is 0. The first-order valence-electron chi connectivity index (χ1n) is 6.93. The second-order valence-corrected chi connectivity index (χ2v) is 7.00. The molecule has 6 heteroatoms. The number of hydrogen-bond acceptors (Lipinski definition) is 4. The van der Waals surface area contributed by atoms with Crippen LogP contribution in [0.3, 0.4) is 0 Å². The molecule has 1 aromatic carbocycles. The summed E-state index contributed by atoms with van der Waals surface area (Å²) in [7, 11) is 0. The number of nitrogen functional groups attached to an aromatic ring is 1. The first-order chi connectivity index (χ1) is 10.0. The van der Waals surface area contributed by atoms with Crippen LogP contribution in [0.1, 0.15) is 23.3 Å². The fourth-order valence-corrected chi connectivity index (χ4v) is 3.57. The number of thiazole rings is 1. The number of anilines is 1. The van der Waals surface area contributed by atoms with Gasteiger partial charge in [-0.1, -0.05) is 23.7 Å². The topological polar surface area (TPSA) is 42.1 Å². The summed E-state index contributed by atoms with van der Waals surface area (Å²) in [5, 5.41) is 1.23. The van der Waals surface area contributed by atoms with E-state index in [9.17, 15) is 0 Å². The van der Waals surface area contributed by atoms with Crippen LogP contribution in [-0.2, 0) is 12.2 Å². The molecular formula is C15H17ClFN3S. The van der Waals surface area contributed by atoms with E-state index in [2.05, 4.69) is 9.88 Å². The van der Waals surface area contributed by atoms with E-state index in [1.54, 1.807) is 30.5 Å². The average Bonchev–Trinajstić information content (AvgIpc) is 2.88. The van der Waals surface area contributed by atoms with Crippen LogP contribution in [0.5, 0.6) is 0 Å². The van der Waals surface area contributed by atoms with Gasteiger partial charge >= 0.3 is 0 Å². The van der Waals surface area contributed by atoms with Crippen molar-refractivity contribution in [3.63, 3.8) is 0 Å². The molecule has 1 saturated heterocycles. The molecule has 21 heavy (non-hydrogen) atoms. The lowest BCUT2D eigenvalue weighted by Gasteiger charge is -2.36. The van der Waals surface area contributed by atoms with Crippen LogP contribution in [0.4, 0.5) is 9.52 Å². The van der Waals surface area contributed by atoms with Crippen molar-refractivity contribution in [1.29, 1.82) is 0 Å². The van der Waals surface area contributed by atoms with Gasteiger partial charge in [-0.15, -0.1) is 11.3 Å². The summed E-state index contributed by atoms with van der Waals surface area (Å²) in [6.45, 7) is 2.26. The van der Waals surface area contributed by atoms with Gasteiger partial charge in [0.05, 0.1) is 0 Å². The Labute approximate surface area is 132 Å². The number of benzene rings is 1. The highest BCUT2D eigenvalue weighted by Gasteiger charge is 2.36. The molecular weight excluding hydrogens is 309 g/mol. The van der Waals surface area contributed by atoms with Crippen molar-refractivity contribution in [1.82, 2.24) is 9.88 Å². The molecule has 0 unspecified atom stereocenters. The molecule has 2 heterocycles. The Hall–Kier alpha value is -1.17. The van der Waals surface area contributed by atoms with Gasteiger partial charge in [0, 0.05) is 35.7 Å². The van der Waals surface area contributed by atoms with Crippen LogP contribution >= 0.6 is 22.9 Å². The summed E-state index contributed by atoms with van der Waals surface area (Å²) >= 11 is 7.36. The largest absolute Gasteiger partial charge is 0.375 e. The van der Waals surface area contributed by atoms with Gasteiger partial charge in [0.2, 0.25) is 0 Å². The van der Waals surface area contributed by atoms with E-state index in [4.69, 9.17) is 17.3 Å². The number of likely N-dealkylation sites (tertiary alicyclic amines) is 1. The minimum Gasteiger partial charge on any atom is -0.375 e. The Morgan fingerprint density at radius 3 is 2.52 bits per heavy atom. The maximum atomic E-state index is 15.1. The maximum Gasteiger partial charge on any atom is 0.180 e. The van der Waals surface area contributed by atoms with Crippen LogP contribution in [0.2, 0.25) is 5.02 Å². The fraction of sp³-hybridized carbons (Fsp3) is 0.400. The molecule has 0 bridgehead atoms. The third-order valence-electron chi connectivity index (χ3n) is 3.96. The van der Waals surface area contributed by atoms with E-state index in [1.807, 2.05) is 0 Å². The highest BCUT2D eigenvalue weighted by atomic mass is 35.5. The number of aromatic nitrogens is 1. The smallest absolute Gasteiger partial charge is 0.180 e. The summed E-state index contributed by atoms with van der Waals surface area (Å²) in [6, 6.07) is 7.10. The van der Waals surface area contributed by atoms with Crippen molar-refractivity contribution in [2.24, 2.45) is 0 Å². The molecule has 0 saturated carbocycles. The van der Waals surface area contributed by atoms with Gasteiger partial charge in [0.25, 0.3) is 0 Å². The minimum absolute atomic E-state index is 0.503. The Morgan fingerprint density at radius 1 is 1.29 bits per heavy atom. The minimum atomic E-state index is -1.24. The number of nitrogens with zero attached hydrogens (tertiary/aromatic N) is 2. The predicted molar refractivity (Wildman–Crippen MR) is 85.3 cm³/mol. The molecule has 2 N–H and O–H groups in total. The average molecular weight is 326 g/mol. The molecule has 3 rings (SSSR count). The van der Waals surface area contributed by atoms with Crippen molar-refractivity contribution in [3.05, 3.63) is 45.9 Å². The highest BCUT2D eigenvalue weighted by molar-refractivity contribution is 7.15. The number of halogens is 2. The van der Waals surface area contributed by atoms with Crippen molar-refractivity contribution in [2.75, 3.05) is 18.8 Å². The highest BCUT2D eigenvalue weighted by Crippen LogP contribution is 2.37. The van der Waals surface area contributed by atoms with Crippen molar-refractivity contribution in [3.8, 4) is 0 Å². The molecule has 1 aromatic heterocycles. The Morgan fingerprint density at radius 2 is 1.95 bits per heavy atom. The number of alkyl halides is 1. The predicted octanol–water partition coefficient (Wildman–Crippen LogP) is 3.84. The zero-order chi connectivity index (χ0) is 14.9. The van der Waals surface area contributed by atoms with Crippen LogP contribution in [0, 0.1) is 0 Å². The Kier molecular flexibility index (Phi) is 4.15. The van der Waals surface area contributed by atoms with Crippen LogP contribution in [-0.4, -0.2) is 23.0 Å². The van der Waals surface area contributed by atoms with E-state index < -0.39 is 5.67 Å². The second-order valence-electron chi connectivity index (χ2n) is 5.41. The monoisotopic (exact) mass is 325 g/mol. The molecule has 1 aliphatic rings. The third-order valence-corrected chi connectivity index (χ3v) is 5.02. The molecule has 2 aromatic rings. The van der Waals surface area contributed by atoms with Gasteiger partial charge in [0.1, 0.15) is 5.67 Å². The number of nitrogens with two attached hydrogens (primary N) is 1. The van der Waals surface area contributed by atoms with Gasteiger partial charge in [-0.3, -0.25) is 4.90 Å². The zero-order valence-corrected chi connectivity index (χ0v) is 13.1. The van der Waals surface area contributed by atoms with Crippen molar-refractivity contribution in [2.45, 2.75) is 25.1 Å². The van der Waals surface area contributed by atoms with E-state index in [-0.39, 0.29) is 0 Å². The Bertz CT molecular complexity index is 606. The molecule has 0 radical (unpaired) electrons. The molecule has 112 valence electrons. The van der Waals surface area contributed by atoms with Crippen LogP contribution in [0.15, 0.2) is 30.5 Å². The Balaban J connectivity index is 1.62. The first-order valence-corrected chi connectivity index (χ1v) is 8.12. The second kappa shape index (κ2) is 5.91. The van der Waals surface area contributed by atoms with E-state index in [0.717, 1.165) is 30.1 Å². The van der Waals surface area contributed by atoms with Gasteiger partial charge in [-0.2, -0.15) is 0 Å². The standard InChI is InChI=1S/C15H17ClFN3S/c16-12-3-1-11(2-4-12)15(17)5-7-20(8-6-15)10-13-9-19-14(18)21-13/h1-4,9H,5-8,10H2,(H2,18,19). The van der Waals surface area contributed by atoms with Crippen molar-refractivity contribution >= 4 is 28.1 Å². The van der Waals surface area contributed by atoms with Gasteiger partial charge in [-0.05, 0) is 30.5 Å². The molecule has 1 aliphatic heterocycles. The van der Waals surface area contributed by atoms with Gasteiger partial charge in [-0.25, -0.2) is 9.37 Å². The van der Waals surface area contributed by atoms with E-state index in [0.29, 0.717) is 23.0 Å². The molecule has 0 aliphatic carbocycles. The SMILES string of the molecule is Nc1ncc(CN2CCC(F)(c3ccc(Cl)cc3)CC2)s1. The number of piperidine rings is 1. The lowest BCUT2D eigenvalue weighted by Crippen LogP contribution is -2.39. The van der Waals surface area contributed by atoms with Crippen LogP contribution in [0.25, 0.3) is 0 Å². The maximum absolute atomic E-state index is 15.1. The quantitative estimate of drug-likeness (QED) is 0.932. The molecule has 3 nitrogen and oxygen atoms in total. The fourth-order valence-electron chi connectivity index (χ4n) is 2.72. The third kappa shape index (κ3) is 3.36. The van der Waals surface area contributed by atoms with E-state index >= 15 is 4.39 Å². The number of rotatable bonds is 3. The summed E-state index contributed by atoms with van der Waals surface area (Å²) in [5.41, 5.74) is 5.12.